The summed E-state index contributed by atoms with van der Waals surface area (Å²) in [4.78, 5) is 13.9. The van der Waals surface area contributed by atoms with E-state index in [1.165, 1.54) is 12.1 Å². The fourth-order valence-corrected chi connectivity index (χ4v) is 5.02. The molecule has 7 nitrogen and oxygen atoms in total. The summed E-state index contributed by atoms with van der Waals surface area (Å²) < 4.78 is 21.8. The van der Waals surface area contributed by atoms with E-state index in [2.05, 4.69) is 14.8 Å². The molecule has 1 aliphatic rings. The lowest BCUT2D eigenvalue weighted by Crippen LogP contribution is -2.34. The maximum atomic E-state index is 14.5. The maximum Gasteiger partial charge on any atom is 0.128 e. The molecule has 0 radical (unpaired) electrons. The van der Waals surface area contributed by atoms with Crippen LogP contribution in [0, 0.1) is 5.82 Å². The van der Waals surface area contributed by atoms with Gasteiger partial charge in [-0.15, -0.1) is 0 Å². The molecule has 36 heavy (non-hydrogen) atoms. The van der Waals surface area contributed by atoms with Gasteiger partial charge in [-0.2, -0.15) is 0 Å². The number of anilines is 2. The van der Waals surface area contributed by atoms with Gasteiger partial charge in [0.2, 0.25) is 0 Å². The molecule has 8 heteroatoms. The summed E-state index contributed by atoms with van der Waals surface area (Å²) >= 11 is 0. The summed E-state index contributed by atoms with van der Waals surface area (Å²) in [6.45, 7) is 2.75. The van der Waals surface area contributed by atoms with Crippen LogP contribution in [0.15, 0.2) is 61.1 Å². The van der Waals surface area contributed by atoms with E-state index in [1.807, 2.05) is 54.3 Å². The van der Waals surface area contributed by atoms with Crippen molar-refractivity contribution >= 4 is 22.4 Å². The van der Waals surface area contributed by atoms with Gasteiger partial charge in [-0.1, -0.05) is 0 Å². The summed E-state index contributed by atoms with van der Waals surface area (Å²) in [5.74, 6) is 0.128. The third-order valence-electron chi connectivity index (χ3n) is 6.91. The van der Waals surface area contributed by atoms with Gasteiger partial charge in [0.05, 0.1) is 36.6 Å². The number of likely N-dealkylation sites (tertiary alicyclic amines) is 1. The molecule has 1 fully saturated rings. The molecular formula is C28H32FN5O2. The van der Waals surface area contributed by atoms with E-state index in [1.54, 1.807) is 13.3 Å². The number of benzene rings is 2. The van der Waals surface area contributed by atoms with Gasteiger partial charge in [0.15, 0.2) is 0 Å². The van der Waals surface area contributed by atoms with E-state index in [-0.39, 0.29) is 18.5 Å². The molecule has 0 bridgehead atoms. The first-order valence-corrected chi connectivity index (χ1v) is 12.4. The van der Waals surface area contributed by atoms with Gasteiger partial charge in [-0.25, -0.2) is 9.37 Å². The molecule has 188 valence electrons. The number of methoxy groups -OCH3 is 1. The quantitative estimate of drug-likeness (QED) is 0.365. The van der Waals surface area contributed by atoms with Crippen molar-refractivity contribution in [3.8, 4) is 17.0 Å². The van der Waals surface area contributed by atoms with Gasteiger partial charge in [0.25, 0.3) is 0 Å². The topological polar surface area (TPSA) is 66.7 Å². The fourth-order valence-electron chi connectivity index (χ4n) is 5.02. The normalized spacial score (nSPS) is 16.1. The number of aliphatic hydroxyl groups is 1. The molecular weight excluding hydrogens is 457 g/mol. The molecule has 3 heterocycles. The molecule has 1 saturated heterocycles. The summed E-state index contributed by atoms with van der Waals surface area (Å²) in [6, 6.07) is 13.0. The van der Waals surface area contributed by atoms with E-state index in [0.717, 1.165) is 66.0 Å². The van der Waals surface area contributed by atoms with Crippen LogP contribution in [-0.4, -0.2) is 63.9 Å². The zero-order chi connectivity index (χ0) is 25.1. The average molecular weight is 490 g/mol. The number of fused-ring (bicyclic) bond motifs is 1. The summed E-state index contributed by atoms with van der Waals surface area (Å²) in [7, 11) is 3.52. The van der Waals surface area contributed by atoms with Crippen LogP contribution >= 0.6 is 0 Å². The molecule has 1 aliphatic heterocycles. The van der Waals surface area contributed by atoms with E-state index >= 15 is 0 Å². The first kappa shape index (κ1) is 24.2. The van der Waals surface area contributed by atoms with Crippen LogP contribution in [0.4, 0.5) is 15.8 Å². The minimum Gasteiger partial charge on any atom is -0.497 e. The van der Waals surface area contributed by atoms with Crippen molar-refractivity contribution in [3.63, 3.8) is 0 Å². The lowest BCUT2D eigenvalue weighted by molar-refractivity contribution is 0.158. The van der Waals surface area contributed by atoms with E-state index in [4.69, 9.17) is 9.72 Å². The molecule has 0 saturated carbocycles. The Labute approximate surface area is 210 Å². The molecule has 2 aromatic heterocycles. The zero-order valence-electron chi connectivity index (χ0n) is 20.8. The standard InChI is InChI=1S/C28H32FN5O2/c1-32-12-8-20(18-32)28-17-30-26-7-6-22(16-27(26)31-28)34(24-13-21(29)14-25(15-24)36-2)11-4-10-33-9-3-5-23(33)19-35/h6-8,12-18,23,35H,3-5,9-11,19H2,1-2H3/t23-/m0/s1. The van der Waals surface area contributed by atoms with Crippen LogP contribution in [0.25, 0.3) is 22.3 Å². The van der Waals surface area contributed by atoms with Gasteiger partial charge >= 0.3 is 0 Å². The van der Waals surface area contributed by atoms with Gasteiger partial charge in [-0.05, 0) is 56.1 Å². The van der Waals surface area contributed by atoms with Crippen molar-refractivity contribution in [2.75, 3.05) is 38.3 Å². The lowest BCUT2D eigenvalue weighted by Gasteiger charge is -2.28. The fraction of sp³-hybridized carbons (Fsp3) is 0.357. The second-order valence-electron chi connectivity index (χ2n) is 9.36. The minimum absolute atomic E-state index is 0.192. The highest BCUT2D eigenvalue weighted by molar-refractivity contribution is 5.82. The Balaban J connectivity index is 1.47. The summed E-state index contributed by atoms with van der Waals surface area (Å²) in [5.41, 5.74) is 5.03. The number of hydrogen-bond donors (Lipinski definition) is 1. The van der Waals surface area contributed by atoms with Crippen molar-refractivity contribution in [3.05, 3.63) is 66.9 Å². The van der Waals surface area contributed by atoms with Crippen LogP contribution < -0.4 is 9.64 Å². The highest BCUT2D eigenvalue weighted by Gasteiger charge is 2.23. The first-order valence-electron chi connectivity index (χ1n) is 12.4. The second-order valence-corrected chi connectivity index (χ2v) is 9.36. The van der Waals surface area contributed by atoms with Crippen LogP contribution in [0.5, 0.6) is 5.75 Å². The summed E-state index contributed by atoms with van der Waals surface area (Å²) in [5, 5.41) is 9.67. The Bertz CT molecular complexity index is 1340. The maximum absolute atomic E-state index is 14.5. The SMILES string of the molecule is COc1cc(F)cc(N(CCCN2CCC[C@H]2CO)c2ccc3ncc(-c4ccn(C)c4)nc3c2)c1. The Kier molecular flexibility index (Phi) is 7.16. The smallest absolute Gasteiger partial charge is 0.128 e. The van der Waals surface area contributed by atoms with Gasteiger partial charge in [0, 0.05) is 67.6 Å². The molecule has 0 unspecified atom stereocenters. The van der Waals surface area contributed by atoms with Crippen LogP contribution in [0.1, 0.15) is 19.3 Å². The molecule has 1 N–H and O–H groups in total. The van der Waals surface area contributed by atoms with Gasteiger partial charge < -0.3 is 19.3 Å². The van der Waals surface area contributed by atoms with Gasteiger partial charge in [0.1, 0.15) is 11.6 Å². The third-order valence-corrected chi connectivity index (χ3v) is 6.91. The summed E-state index contributed by atoms with van der Waals surface area (Å²) in [6.07, 6.45) is 8.81. The number of ether oxygens (including phenoxy) is 1. The van der Waals surface area contributed by atoms with Crippen molar-refractivity contribution in [2.45, 2.75) is 25.3 Å². The molecule has 0 aliphatic carbocycles. The number of nitrogens with zero attached hydrogens (tertiary/aromatic N) is 5. The largest absolute Gasteiger partial charge is 0.497 e. The van der Waals surface area contributed by atoms with Crippen molar-refractivity contribution < 1.29 is 14.2 Å². The Morgan fingerprint density at radius 1 is 1.14 bits per heavy atom. The molecule has 1 atom stereocenters. The number of aromatic nitrogens is 3. The predicted molar refractivity (Wildman–Crippen MR) is 140 cm³/mol. The van der Waals surface area contributed by atoms with Crippen LogP contribution in [-0.2, 0) is 7.05 Å². The number of hydrogen-bond acceptors (Lipinski definition) is 6. The molecule has 2 aromatic carbocycles. The first-order chi connectivity index (χ1) is 17.5. The highest BCUT2D eigenvalue weighted by Crippen LogP contribution is 2.32. The number of aliphatic hydroxyl groups excluding tert-OH is 1. The number of halogens is 1. The number of aryl methyl sites for hydroxylation is 1. The van der Waals surface area contributed by atoms with E-state index in [9.17, 15) is 9.50 Å². The average Bonchev–Trinajstić information content (AvgIpc) is 3.54. The number of rotatable bonds is 9. The second kappa shape index (κ2) is 10.6. The molecule has 5 rings (SSSR count). The zero-order valence-corrected chi connectivity index (χ0v) is 20.8. The molecule has 4 aromatic rings. The monoisotopic (exact) mass is 489 g/mol. The molecule has 0 spiro atoms. The van der Waals surface area contributed by atoms with Crippen LogP contribution in [0.3, 0.4) is 0 Å². The van der Waals surface area contributed by atoms with Crippen molar-refractivity contribution in [1.29, 1.82) is 0 Å². The Morgan fingerprint density at radius 3 is 2.81 bits per heavy atom. The van der Waals surface area contributed by atoms with Gasteiger partial charge in [-0.3, -0.25) is 9.88 Å². The molecule has 0 amide bonds. The highest BCUT2D eigenvalue weighted by atomic mass is 19.1. The third kappa shape index (κ3) is 5.20. The Hall–Kier alpha value is -3.49. The Morgan fingerprint density at radius 2 is 2.03 bits per heavy atom. The minimum atomic E-state index is -0.346. The van der Waals surface area contributed by atoms with E-state index in [0.29, 0.717) is 12.3 Å². The van der Waals surface area contributed by atoms with Crippen molar-refractivity contribution in [2.24, 2.45) is 7.05 Å². The van der Waals surface area contributed by atoms with Crippen LogP contribution in [0.2, 0.25) is 0 Å². The van der Waals surface area contributed by atoms with Crippen molar-refractivity contribution in [1.82, 2.24) is 19.4 Å². The predicted octanol–water partition coefficient (Wildman–Crippen LogP) is 4.77. The van der Waals surface area contributed by atoms with E-state index < -0.39 is 0 Å². The lowest BCUT2D eigenvalue weighted by atomic mass is 10.1.